The molecule has 182 valence electrons. The maximum absolute atomic E-state index is 13.4. The molecular weight excluding hydrogens is 470 g/mol. The first kappa shape index (κ1) is 24.6. The van der Waals surface area contributed by atoms with Crippen LogP contribution in [0.15, 0.2) is 42.5 Å². The number of anilines is 1. The summed E-state index contributed by atoms with van der Waals surface area (Å²) in [5.74, 6) is -2.38. The Morgan fingerprint density at radius 3 is 2.74 bits per heavy atom. The molecule has 1 aliphatic heterocycles. The molecule has 1 amide bonds. The largest absolute Gasteiger partial charge is 0.478 e. The molecule has 2 N–H and O–H groups in total. The topological polar surface area (TPSA) is 109 Å². The lowest BCUT2D eigenvalue weighted by molar-refractivity contribution is -0.123. The van der Waals surface area contributed by atoms with Crippen LogP contribution in [-0.2, 0) is 22.5 Å². The molecule has 8 nitrogen and oxygen atoms in total. The minimum absolute atomic E-state index is 0.0270. The fourth-order valence-electron chi connectivity index (χ4n) is 4.25. The van der Waals surface area contributed by atoms with Crippen molar-refractivity contribution >= 4 is 46.0 Å². The van der Waals surface area contributed by atoms with E-state index in [-0.39, 0.29) is 16.3 Å². The Hall–Kier alpha value is -3.49. The molecule has 1 aliphatic rings. The van der Waals surface area contributed by atoms with E-state index in [4.69, 9.17) is 21.3 Å². The van der Waals surface area contributed by atoms with Gasteiger partial charge in [-0.2, -0.15) is 0 Å². The normalized spacial score (nSPS) is 14.3. The molecule has 0 fully saturated rings. The number of ether oxygens (including phenoxy) is 1. The Labute approximate surface area is 207 Å². The number of aromatic nitrogens is 1. The van der Waals surface area contributed by atoms with Crippen LogP contribution in [0.2, 0.25) is 5.02 Å². The van der Waals surface area contributed by atoms with Crippen LogP contribution >= 0.6 is 11.6 Å². The van der Waals surface area contributed by atoms with E-state index in [1.54, 1.807) is 0 Å². The van der Waals surface area contributed by atoms with Gasteiger partial charge in [0.15, 0.2) is 6.10 Å². The van der Waals surface area contributed by atoms with Crippen molar-refractivity contribution in [2.24, 2.45) is 0 Å². The van der Waals surface area contributed by atoms with Crippen molar-refractivity contribution in [1.29, 1.82) is 0 Å². The summed E-state index contributed by atoms with van der Waals surface area (Å²) in [6.07, 6.45) is 0.582. The third-order valence-electron chi connectivity index (χ3n) is 5.99. The van der Waals surface area contributed by atoms with E-state index >= 15 is 0 Å². The molecule has 3 aromatic rings. The molecule has 35 heavy (non-hydrogen) atoms. The molecule has 0 radical (unpaired) electrons. The number of benzene rings is 2. The average molecular weight is 496 g/mol. The first-order valence-corrected chi connectivity index (χ1v) is 11.8. The van der Waals surface area contributed by atoms with Gasteiger partial charge in [-0.05, 0) is 44.2 Å². The van der Waals surface area contributed by atoms with Crippen molar-refractivity contribution in [2.45, 2.75) is 39.3 Å². The van der Waals surface area contributed by atoms with E-state index < -0.39 is 23.9 Å². The van der Waals surface area contributed by atoms with Crippen LogP contribution in [-0.4, -0.2) is 52.0 Å². The molecule has 2 aromatic carbocycles. The number of amides is 1. The predicted octanol–water partition coefficient (Wildman–Crippen LogP) is 4.54. The second-order valence-electron chi connectivity index (χ2n) is 8.49. The lowest BCUT2D eigenvalue weighted by atomic mass is 9.95. The number of aromatic carboxylic acids is 1. The number of pyridine rings is 1. The molecule has 1 aromatic heterocycles. The minimum Gasteiger partial charge on any atom is -0.478 e. The second kappa shape index (κ2) is 10.4. The number of carbonyl (C=O) groups excluding carboxylic acids is 2. The highest BCUT2D eigenvalue weighted by Gasteiger charge is 2.28. The van der Waals surface area contributed by atoms with E-state index in [2.05, 4.69) is 17.1 Å². The summed E-state index contributed by atoms with van der Waals surface area (Å²) in [5, 5.41) is 12.6. The smallest absolute Gasteiger partial charge is 0.339 e. The van der Waals surface area contributed by atoms with E-state index in [0.717, 1.165) is 37.2 Å². The number of nitrogens with zero attached hydrogens (tertiary/aromatic N) is 2. The number of carboxylic acids is 1. The number of esters is 1. The molecule has 1 atom stereocenters. The van der Waals surface area contributed by atoms with Crippen molar-refractivity contribution in [3.63, 3.8) is 0 Å². The minimum atomic E-state index is -1.15. The number of para-hydroxylation sites is 1. The van der Waals surface area contributed by atoms with Gasteiger partial charge >= 0.3 is 11.9 Å². The molecule has 2 heterocycles. The van der Waals surface area contributed by atoms with E-state index in [9.17, 15) is 19.5 Å². The second-order valence-corrected chi connectivity index (χ2v) is 8.90. The first-order chi connectivity index (χ1) is 16.8. The predicted molar refractivity (Wildman–Crippen MR) is 133 cm³/mol. The van der Waals surface area contributed by atoms with E-state index in [0.29, 0.717) is 23.0 Å². The molecule has 0 saturated heterocycles. The van der Waals surface area contributed by atoms with Crippen LogP contribution < -0.4 is 5.32 Å². The molecule has 4 rings (SSSR count). The monoisotopic (exact) mass is 495 g/mol. The Kier molecular flexibility index (Phi) is 7.33. The zero-order valence-electron chi connectivity index (χ0n) is 19.5. The summed E-state index contributed by atoms with van der Waals surface area (Å²) in [7, 11) is 0. The van der Waals surface area contributed by atoms with Gasteiger partial charge in [-0.15, -0.1) is 0 Å². The highest BCUT2D eigenvalue weighted by atomic mass is 35.5. The number of nitrogens with one attached hydrogen (secondary N) is 1. The van der Waals surface area contributed by atoms with Gasteiger partial charge < -0.3 is 15.2 Å². The highest BCUT2D eigenvalue weighted by molar-refractivity contribution is 6.34. The van der Waals surface area contributed by atoms with Crippen LogP contribution in [0.1, 0.15) is 52.2 Å². The maximum Gasteiger partial charge on any atom is 0.339 e. The van der Waals surface area contributed by atoms with E-state index in [1.807, 2.05) is 24.3 Å². The fourth-order valence-corrected chi connectivity index (χ4v) is 4.41. The first-order valence-electron chi connectivity index (χ1n) is 11.5. The highest BCUT2D eigenvalue weighted by Crippen LogP contribution is 2.29. The van der Waals surface area contributed by atoms with Gasteiger partial charge in [-0.3, -0.25) is 14.7 Å². The average Bonchev–Trinajstić information content (AvgIpc) is 2.83. The van der Waals surface area contributed by atoms with Crippen molar-refractivity contribution in [1.82, 2.24) is 9.88 Å². The van der Waals surface area contributed by atoms with Crippen molar-refractivity contribution in [2.75, 3.05) is 18.4 Å². The number of fused-ring (bicyclic) bond motifs is 2. The van der Waals surface area contributed by atoms with Crippen molar-refractivity contribution in [3.05, 3.63) is 69.9 Å². The zero-order valence-corrected chi connectivity index (χ0v) is 20.3. The van der Waals surface area contributed by atoms with Gasteiger partial charge in [0, 0.05) is 36.2 Å². The fraction of sp³-hybridized carbons (Fsp3) is 0.308. The van der Waals surface area contributed by atoms with Crippen LogP contribution in [0.4, 0.5) is 5.69 Å². The van der Waals surface area contributed by atoms with Gasteiger partial charge in [0.25, 0.3) is 5.91 Å². The van der Waals surface area contributed by atoms with Gasteiger partial charge in [0.1, 0.15) is 0 Å². The van der Waals surface area contributed by atoms with Gasteiger partial charge in [-0.25, -0.2) is 9.59 Å². The summed E-state index contributed by atoms with van der Waals surface area (Å²) >= 11 is 6.11. The standard InChI is InChI=1S/C26H26ClN3O5/c1-3-11-30-12-10-21-18(14-30)23(17-6-4-5-7-20(17)28-21)26(34)35-15(2)24(31)29-22-13-16(25(32)33)8-9-19(22)27/h4-9,13,15H,3,10-12,14H2,1-2H3,(H,29,31)(H,32,33). The Morgan fingerprint density at radius 2 is 2.00 bits per heavy atom. The Bertz CT molecular complexity index is 1310. The number of carboxylic acid groups (broad SMARTS) is 1. The molecule has 0 saturated carbocycles. The molecular formula is C26H26ClN3O5. The molecule has 0 spiro atoms. The number of carbonyl (C=O) groups is 3. The lowest BCUT2D eigenvalue weighted by Gasteiger charge is -2.29. The number of hydrogen-bond acceptors (Lipinski definition) is 6. The Balaban J connectivity index is 1.60. The summed E-state index contributed by atoms with van der Waals surface area (Å²) in [5.41, 5.74) is 2.94. The molecule has 1 unspecified atom stereocenters. The Morgan fingerprint density at radius 1 is 1.23 bits per heavy atom. The van der Waals surface area contributed by atoms with Crippen molar-refractivity contribution in [3.8, 4) is 0 Å². The van der Waals surface area contributed by atoms with Crippen LogP contribution in [0.5, 0.6) is 0 Å². The van der Waals surface area contributed by atoms with Gasteiger partial charge in [0.2, 0.25) is 0 Å². The van der Waals surface area contributed by atoms with Gasteiger partial charge in [0.05, 0.1) is 27.4 Å². The van der Waals surface area contributed by atoms with Crippen LogP contribution in [0, 0.1) is 0 Å². The quantitative estimate of drug-likeness (QED) is 0.463. The summed E-state index contributed by atoms with van der Waals surface area (Å²) < 4.78 is 5.60. The maximum atomic E-state index is 13.4. The molecule has 9 heteroatoms. The van der Waals surface area contributed by atoms with Gasteiger partial charge in [-0.1, -0.05) is 36.7 Å². The summed E-state index contributed by atoms with van der Waals surface area (Å²) in [6.45, 7) is 5.94. The number of rotatable bonds is 7. The molecule has 0 aliphatic carbocycles. The summed E-state index contributed by atoms with van der Waals surface area (Å²) in [4.78, 5) is 44.5. The SMILES string of the molecule is CCCN1CCc2nc3ccccc3c(C(=O)OC(C)C(=O)Nc3cc(C(=O)O)ccc3Cl)c2C1. The van der Waals surface area contributed by atoms with Crippen LogP contribution in [0.3, 0.4) is 0 Å². The number of hydrogen-bond donors (Lipinski definition) is 2. The van der Waals surface area contributed by atoms with Crippen LogP contribution in [0.25, 0.3) is 10.9 Å². The third-order valence-corrected chi connectivity index (χ3v) is 6.32. The third kappa shape index (κ3) is 5.28. The number of halogens is 1. The molecule has 0 bridgehead atoms. The zero-order chi connectivity index (χ0) is 25.1. The summed E-state index contributed by atoms with van der Waals surface area (Å²) in [6, 6.07) is 11.4. The van der Waals surface area contributed by atoms with Crippen molar-refractivity contribution < 1.29 is 24.2 Å². The lowest BCUT2D eigenvalue weighted by Crippen LogP contribution is -2.34. The van der Waals surface area contributed by atoms with E-state index in [1.165, 1.54) is 25.1 Å².